The predicted octanol–water partition coefficient (Wildman–Crippen LogP) is 2.16. The average Bonchev–Trinajstić information content (AvgIpc) is 2.73. The van der Waals surface area contributed by atoms with E-state index in [4.69, 9.17) is 4.74 Å². The topological polar surface area (TPSA) is 42.4 Å². The zero-order valence-electron chi connectivity index (χ0n) is 11.1. The first-order chi connectivity index (χ1) is 7.86. The molecule has 0 fully saturated rings. The lowest BCUT2D eigenvalue weighted by atomic mass is 9.98. The van der Waals surface area contributed by atoms with Crippen LogP contribution in [0.4, 0.5) is 0 Å². The summed E-state index contributed by atoms with van der Waals surface area (Å²) in [5.74, 6) is 0.00931. The number of carbonyl (C=O) groups is 1. The molecular formula is C12H20N2O2S. The van der Waals surface area contributed by atoms with Gasteiger partial charge in [-0.1, -0.05) is 20.8 Å². The minimum Gasteiger partial charge on any atom is -0.383 e. The Morgan fingerprint density at radius 2 is 2.18 bits per heavy atom. The molecule has 5 heteroatoms. The smallest absolute Gasteiger partial charge is 0.265 e. The highest BCUT2D eigenvalue weighted by Crippen LogP contribution is 2.27. The SMILES string of the molecule is COCCN(C)C(=O)c1cnc(C(C)(C)C)s1. The number of nitrogens with zero attached hydrogens (tertiary/aromatic N) is 2. The van der Waals surface area contributed by atoms with Crippen molar-refractivity contribution in [1.29, 1.82) is 0 Å². The highest BCUT2D eigenvalue weighted by Gasteiger charge is 2.21. The summed E-state index contributed by atoms with van der Waals surface area (Å²) < 4.78 is 4.95. The van der Waals surface area contributed by atoms with Gasteiger partial charge in [0.2, 0.25) is 0 Å². The van der Waals surface area contributed by atoms with Crippen molar-refractivity contribution >= 4 is 17.2 Å². The highest BCUT2D eigenvalue weighted by molar-refractivity contribution is 7.13. The molecule has 1 aromatic rings. The Kier molecular flexibility index (Phi) is 4.65. The van der Waals surface area contributed by atoms with Crippen LogP contribution < -0.4 is 0 Å². The number of aromatic nitrogens is 1. The van der Waals surface area contributed by atoms with Gasteiger partial charge < -0.3 is 9.64 Å². The minimum atomic E-state index is -0.00566. The summed E-state index contributed by atoms with van der Waals surface area (Å²) >= 11 is 1.47. The van der Waals surface area contributed by atoms with Crippen molar-refractivity contribution < 1.29 is 9.53 Å². The zero-order valence-corrected chi connectivity index (χ0v) is 11.9. The minimum absolute atomic E-state index is 0.00566. The molecule has 0 unspecified atom stereocenters. The number of hydrogen-bond acceptors (Lipinski definition) is 4. The largest absolute Gasteiger partial charge is 0.383 e. The maximum Gasteiger partial charge on any atom is 0.265 e. The number of likely N-dealkylation sites (N-methyl/N-ethyl adjacent to an activating group) is 1. The molecule has 1 aromatic heterocycles. The average molecular weight is 256 g/mol. The Hall–Kier alpha value is -0.940. The Balaban J connectivity index is 2.73. The third kappa shape index (κ3) is 3.78. The van der Waals surface area contributed by atoms with E-state index < -0.39 is 0 Å². The molecular weight excluding hydrogens is 236 g/mol. The van der Waals surface area contributed by atoms with Crippen LogP contribution in [0.3, 0.4) is 0 Å². The molecule has 17 heavy (non-hydrogen) atoms. The van der Waals surface area contributed by atoms with Crippen molar-refractivity contribution in [3.05, 3.63) is 16.1 Å². The molecule has 0 aliphatic carbocycles. The Morgan fingerprint density at radius 3 is 2.65 bits per heavy atom. The van der Waals surface area contributed by atoms with Crippen LogP contribution in [-0.2, 0) is 10.2 Å². The summed E-state index contributed by atoms with van der Waals surface area (Å²) in [7, 11) is 3.40. The maximum atomic E-state index is 12.0. The lowest BCUT2D eigenvalue weighted by Gasteiger charge is -2.15. The number of thiazole rings is 1. The quantitative estimate of drug-likeness (QED) is 0.829. The summed E-state index contributed by atoms with van der Waals surface area (Å²) in [4.78, 5) is 18.7. The molecule has 0 aliphatic heterocycles. The van der Waals surface area contributed by atoms with E-state index in [-0.39, 0.29) is 11.3 Å². The summed E-state index contributed by atoms with van der Waals surface area (Å²) in [5.41, 5.74) is -0.00566. The molecule has 0 bridgehead atoms. The normalized spacial score (nSPS) is 11.6. The summed E-state index contributed by atoms with van der Waals surface area (Å²) in [6.07, 6.45) is 1.66. The van der Waals surface area contributed by atoms with E-state index in [0.717, 1.165) is 5.01 Å². The van der Waals surface area contributed by atoms with E-state index in [2.05, 4.69) is 25.8 Å². The first-order valence-corrected chi connectivity index (χ1v) is 6.38. The number of carbonyl (C=O) groups excluding carboxylic acids is 1. The third-order valence-corrected chi connectivity index (χ3v) is 3.75. The van der Waals surface area contributed by atoms with Crippen LogP contribution in [-0.4, -0.2) is 43.1 Å². The second-order valence-electron chi connectivity index (χ2n) is 5.00. The van der Waals surface area contributed by atoms with Crippen molar-refractivity contribution in [2.45, 2.75) is 26.2 Å². The Morgan fingerprint density at radius 1 is 1.53 bits per heavy atom. The fourth-order valence-corrected chi connectivity index (χ4v) is 2.21. The molecule has 1 rings (SSSR count). The van der Waals surface area contributed by atoms with Crippen molar-refractivity contribution in [3.8, 4) is 0 Å². The van der Waals surface area contributed by atoms with Crippen LogP contribution in [0.2, 0.25) is 0 Å². The summed E-state index contributed by atoms with van der Waals surface area (Å²) in [6.45, 7) is 7.42. The molecule has 0 atom stereocenters. The third-order valence-electron chi connectivity index (χ3n) is 2.34. The van der Waals surface area contributed by atoms with Crippen molar-refractivity contribution in [3.63, 3.8) is 0 Å². The van der Waals surface area contributed by atoms with Crippen molar-refractivity contribution in [2.75, 3.05) is 27.3 Å². The molecule has 96 valence electrons. The maximum absolute atomic E-state index is 12.0. The van der Waals surface area contributed by atoms with Crippen LogP contribution in [0.25, 0.3) is 0 Å². The fraction of sp³-hybridized carbons (Fsp3) is 0.667. The fourth-order valence-electron chi connectivity index (χ4n) is 1.24. The van der Waals surface area contributed by atoms with Crippen LogP contribution in [0, 0.1) is 0 Å². The van der Waals surface area contributed by atoms with Gasteiger partial charge in [0.25, 0.3) is 5.91 Å². The number of rotatable bonds is 4. The molecule has 0 spiro atoms. The van der Waals surface area contributed by atoms with E-state index in [1.54, 1.807) is 25.3 Å². The summed E-state index contributed by atoms with van der Waals surface area (Å²) in [6, 6.07) is 0. The lowest BCUT2D eigenvalue weighted by Crippen LogP contribution is -2.29. The molecule has 0 aromatic carbocycles. The standard InChI is InChI=1S/C12H20N2O2S/c1-12(2,3)11-13-8-9(17-11)10(15)14(4)6-7-16-5/h8H,6-7H2,1-5H3. The Bertz CT molecular complexity index is 382. The van der Waals surface area contributed by atoms with E-state index in [9.17, 15) is 4.79 Å². The monoisotopic (exact) mass is 256 g/mol. The number of methoxy groups -OCH3 is 1. The molecule has 0 aliphatic rings. The van der Waals surface area contributed by atoms with Gasteiger partial charge in [-0.2, -0.15) is 0 Å². The number of amides is 1. The van der Waals surface area contributed by atoms with Crippen LogP contribution in [0.5, 0.6) is 0 Å². The Labute approximate surface area is 107 Å². The van der Waals surface area contributed by atoms with Gasteiger partial charge in [0.05, 0.1) is 17.8 Å². The number of ether oxygens (including phenoxy) is 1. The molecule has 0 N–H and O–H groups in total. The van der Waals surface area contributed by atoms with Gasteiger partial charge >= 0.3 is 0 Å². The van der Waals surface area contributed by atoms with E-state index in [0.29, 0.717) is 18.0 Å². The molecule has 4 nitrogen and oxygen atoms in total. The molecule has 0 saturated heterocycles. The van der Waals surface area contributed by atoms with Gasteiger partial charge in [0, 0.05) is 26.1 Å². The van der Waals surface area contributed by atoms with Gasteiger partial charge in [0.15, 0.2) is 0 Å². The van der Waals surface area contributed by atoms with Crippen LogP contribution >= 0.6 is 11.3 Å². The van der Waals surface area contributed by atoms with Gasteiger partial charge in [0.1, 0.15) is 4.88 Å². The van der Waals surface area contributed by atoms with E-state index in [1.807, 2.05) is 0 Å². The molecule has 0 saturated carbocycles. The molecule has 1 amide bonds. The second-order valence-corrected chi connectivity index (χ2v) is 6.03. The highest BCUT2D eigenvalue weighted by atomic mass is 32.1. The number of hydrogen-bond donors (Lipinski definition) is 0. The predicted molar refractivity (Wildman–Crippen MR) is 69.7 cm³/mol. The summed E-state index contributed by atoms with van der Waals surface area (Å²) in [5, 5.41) is 0.987. The van der Waals surface area contributed by atoms with Crippen LogP contribution in [0.15, 0.2) is 6.20 Å². The van der Waals surface area contributed by atoms with Crippen LogP contribution in [0.1, 0.15) is 35.5 Å². The van der Waals surface area contributed by atoms with Crippen molar-refractivity contribution in [2.24, 2.45) is 0 Å². The van der Waals surface area contributed by atoms with E-state index in [1.165, 1.54) is 11.3 Å². The van der Waals surface area contributed by atoms with Gasteiger partial charge in [-0.05, 0) is 0 Å². The van der Waals surface area contributed by atoms with Gasteiger partial charge in [-0.25, -0.2) is 4.98 Å². The molecule has 1 heterocycles. The second kappa shape index (κ2) is 5.60. The zero-order chi connectivity index (χ0) is 13.1. The van der Waals surface area contributed by atoms with Gasteiger partial charge in [-0.3, -0.25) is 4.79 Å². The molecule has 0 radical (unpaired) electrons. The first-order valence-electron chi connectivity index (χ1n) is 5.57. The van der Waals surface area contributed by atoms with E-state index >= 15 is 0 Å². The van der Waals surface area contributed by atoms with Gasteiger partial charge in [-0.15, -0.1) is 11.3 Å². The van der Waals surface area contributed by atoms with Crippen molar-refractivity contribution in [1.82, 2.24) is 9.88 Å². The first kappa shape index (κ1) is 14.1. The lowest BCUT2D eigenvalue weighted by molar-refractivity contribution is 0.0748.